The summed E-state index contributed by atoms with van der Waals surface area (Å²) in [4.78, 5) is 18.9. The highest BCUT2D eigenvalue weighted by Gasteiger charge is 2.27. The van der Waals surface area contributed by atoms with E-state index in [2.05, 4.69) is 23.6 Å². The summed E-state index contributed by atoms with van der Waals surface area (Å²) in [6.07, 6.45) is 3.64. The van der Waals surface area contributed by atoms with E-state index >= 15 is 0 Å². The Kier molecular flexibility index (Phi) is 4.87. The zero-order valence-electron chi connectivity index (χ0n) is 11.9. The highest BCUT2D eigenvalue weighted by atomic mass is 16.2. The van der Waals surface area contributed by atoms with Crippen LogP contribution in [0.1, 0.15) is 33.1 Å². The third-order valence-corrected chi connectivity index (χ3v) is 4.55. The Labute approximate surface area is 111 Å². The number of likely N-dealkylation sites (N-methyl/N-ethyl adjacent to an activating group) is 1. The first-order valence-corrected chi connectivity index (χ1v) is 7.50. The number of amides is 2. The second-order valence-corrected chi connectivity index (χ2v) is 5.54. The molecule has 0 spiro atoms. The van der Waals surface area contributed by atoms with E-state index in [0.717, 1.165) is 51.7 Å². The van der Waals surface area contributed by atoms with Crippen molar-refractivity contribution in [2.24, 2.45) is 5.92 Å². The Hall–Kier alpha value is -0.770. The first-order valence-electron chi connectivity index (χ1n) is 7.50. The van der Waals surface area contributed by atoms with E-state index < -0.39 is 0 Å². The summed E-state index contributed by atoms with van der Waals surface area (Å²) in [6.45, 7) is 11.3. The van der Waals surface area contributed by atoms with Crippen LogP contribution in [0.3, 0.4) is 0 Å². The van der Waals surface area contributed by atoms with Gasteiger partial charge in [0.05, 0.1) is 0 Å². The summed E-state index contributed by atoms with van der Waals surface area (Å²) >= 11 is 0. The average molecular weight is 253 g/mol. The van der Waals surface area contributed by atoms with Crippen molar-refractivity contribution in [3.63, 3.8) is 0 Å². The van der Waals surface area contributed by atoms with Crippen molar-refractivity contribution >= 4 is 6.03 Å². The van der Waals surface area contributed by atoms with E-state index in [1.807, 2.05) is 4.90 Å². The second-order valence-electron chi connectivity index (χ2n) is 5.54. The van der Waals surface area contributed by atoms with Gasteiger partial charge in [-0.3, -0.25) is 0 Å². The van der Waals surface area contributed by atoms with Crippen molar-refractivity contribution < 1.29 is 4.79 Å². The third-order valence-electron chi connectivity index (χ3n) is 4.55. The predicted molar refractivity (Wildman–Crippen MR) is 73.7 cm³/mol. The summed E-state index contributed by atoms with van der Waals surface area (Å²) in [7, 11) is 0. The summed E-state index contributed by atoms with van der Waals surface area (Å²) in [5, 5.41) is 0. The molecule has 0 unspecified atom stereocenters. The Morgan fingerprint density at radius 1 is 0.944 bits per heavy atom. The number of rotatable bonds is 2. The van der Waals surface area contributed by atoms with E-state index in [0.29, 0.717) is 0 Å². The molecule has 0 atom stereocenters. The highest BCUT2D eigenvalue weighted by Crippen LogP contribution is 2.21. The molecule has 4 heteroatoms. The third kappa shape index (κ3) is 3.16. The molecule has 0 bridgehead atoms. The van der Waals surface area contributed by atoms with Crippen LogP contribution in [-0.4, -0.2) is 66.5 Å². The van der Waals surface area contributed by atoms with E-state index in [9.17, 15) is 4.79 Å². The topological polar surface area (TPSA) is 26.8 Å². The lowest BCUT2D eigenvalue weighted by molar-refractivity contribution is 0.102. The first-order chi connectivity index (χ1) is 8.74. The summed E-state index contributed by atoms with van der Waals surface area (Å²) in [5.74, 6) is 0.839. The van der Waals surface area contributed by atoms with Gasteiger partial charge in [-0.2, -0.15) is 0 Å². The molecule has 0 aromatic carbocycles. The zero-order valence-corrected chi connectivity index (χ0v) is 11.9. The maximum Gasteiger partial charge on any atom is 0.320 e. The molecule has 2 saturated heterocycles. The van der Waals surface area contributed by atoms with E-state index in [1.165, 1.54) is 19.3 Å². The Morgan fingerprint density at radius 3 is 2.00 bits per heavy atom. The first kappa shape index (κ1) is 13.7. The Morgan fingerprint density at radius 2 is 1.50 bits per heavy atom. The van der Waals surface area contributed by atoms with Crippen LogP contribution in [0.2, 0.25) is 0 Å². The van der Waals surface area contributed by atoms with Crippen LogP contribution in [-0.2, 0) is 0 Å². The molecule has 2 fully saturated rings. The molecule has 2 amide bonds. The normalized spacial score (nSPS) is 23.4. The number of hydrogen-bond acceptors (Lipinski definition) is 2. The molecular weight excluding hydrogens is 226 g/mol. The predicted octanol–water partition coefficient (Wildman–Crippen LogP) is 1.87. The number of nitrogens with zero attached hydrogens (tertiary/aromatic N) is 3. The largest absolute Gasteiger partial charge is 0.325 e. The van der Waals surface area contributed by atoms with Crippen LogP contribution in [0.15, 0.2) is 0 Å². The lowest BCUT2D eigenvalue weighted by atomic mass is 9.95. The fourth-order valence-corrected chi connectivity index (χ4v) is 2.99. The van der Waals surface area contributed by atoms with Crippen LogP contribution < -0.4 is 0 Å². The lowest BCUT2D eigenvalue weighted by Crippen LogP contribution is -2.53. The smallest absolute Gasteiger partial charge is 0.320 e. The molecule has 2 heterocycles. The van der Waals surface area contributed by atoms with Crippen LogP contribution >= 0.6 is 0 Å². The monoisotopic (exact) mass is 253 g/mol. The Bertz CT molecular complexity index is 240. The van der Waals surface area contributed by atoms with Gasteiger partial charge in [-0.1, -0.05) is 20.3 Å². The van der Waals surface area contributed by atoms with Crippen molar-refractivity contribution in [2.45, 2.75) is 33.1 Å². The minimum absolute atomic E-state index is 0.278. The Balaban J connectivity index is 1.78. The van der Waals surface area contributed by atoms with Crippen LogP contribution in [0, 0.1) is 5.92 Å². The van der Waals surface area contributed by atoms with Gasteiger partial charge in [0.1, 0.15) is 0 Å². The van der Waals surface area contributed by atoms with Gasteiger partial charge in [-0.05, 0) is 25.3 Å². The summed E-state index contributed by atoms with van der Waals surface area (Å²) in [5.41, 5.74) is 0. The molecule has 4 nitrogen and oxygen atoms in total. The SMILES string of the molecule is CCC1CCN(C(=O)N2CCN(CC)CC2)CC1. The van der Waals surface area contributed by atoms with Gasteiger partial charge < -0.3 is 14.7 Å². The van der Waals surface area contributed by atoms with Gasteiger partial charge in [-0.15, -0.1) is 0 Å². The average Bonchev–Trinajstić information content (AvgIpc) is 2.47. The van der Waals surface area contributed by atoms with Crippen molar-refractivity contribution in [1.29, 1.82) is 0 Å². The minimum atomic E-state index is 0.278. The zero-order chi connectivity index (χ0) is 13.0. The van der Waals surface area contributed by atoms with Crippen LogP contribution in [0.25, 0.3) is 0 Å². The summed E-state index contributed by atoms with van der Waals surface area (Å²) in [6, 6.07) is 0.278. The van der Waals surface area contributed by atoms with Crippen molar-refractivity contribution in [1.82, 2.24) is 14.7 Å². The number of piperazine rings is 1. The van der Waals surface area contributed by atoms with Gasteiger partial charge in [0, 0.05) is 39.3 Å². The van der Waals surface area contributed by atoms with Crippen molar-refractivity contribution in [3.8, 4) is 0 Å². The molecule has 0 radical (unpaired) electrons. The molecule has 104 valence electrons. The maximum atomic E-state index is 12.4. The molecular formula is C14H27N3O. The molecule has 2 rings (SSSR count). The lowest BCUT2D eigenvalue weighted by Gasteiger charge is -2.39. The van der Waals surface area contributed by atoms with E-state index in [1.54, 1.807) is 0 Å². The standard InChI is InChI=1S/C14H27N3O/c1-3-13-5-7-16(8-6-13)14(18)17-11-9-15(4-2)10-12-17/h13H,3-12H2,1-2H3. The molecule has 2 aliphatic heterocycles. The second kappa shape index (κ2) is 6.41. The number of likely N-dealkylation sites (tertiary alicyclic amines) is 1. The maximum absolute atomic E-state index is 12.4. The molecule has 0 N–H and O–H groups in total. The number of piperidine rings is 1. The molecule has 18 heavy (non-hydrogen) atoms. The highest BCUT2D eigenvalue weighted by molar-refractivity contribution is 5.74. The van der Waals surface area contributed by atoms with Gasteiger partial charge in [0.2, 0.25) is 0 Å². The van der Waals surface area contributed by atoms with Crippen LogP contribution in [0.5, 0.6) is 0 Å². The molecule has 0 aromatic heterocycles. The van der Waals surface area contributed by atoms with Crippen molar-refractivity contribution in [2.75, 3.05) is 45.8 Å². The number of carbonyl (C=O) groups is 1. The minimum Gasteiger partial charge on any atom is -0.325 e. The summed E-state index contributed by atoms with van der Waals surface area (Å²) < 4.78 is 0. The van der Waals surface area contributed by atoms with E-state index in [-0.39, 0.29) is 6.03 Å². The van der Waals surface area contributed by atoms with Gasteiger partial charge in [-0.25, -0.2) is 4.79 Å². The molecule has 0 aromatic rings. The van der Waals surface area contributed by atoms with Gasteiger partial charge >= 0.3 is 6.03 Å². The molecule has 0 aliphatic carbocycles. The van der Waals surface area contributed by atoms with Gasteiger partial charge in [0.15, 0.2) is 0 Å². The number of urea groups is 1. The van der Waals surface area contributed by atoms with Crippen LogP contribution in [0.4, 0.5) is 4.79 Å². The van der Waals surface area contributed by atoms with Gasteiger partial charge in [0.25, 0.3) is 0 Å². The number of hydrogen-bond donors (Lipinski definition) is 0. The fourth-order valence-electron chi connectivity index (χ4n) is 2.99. The van der Waals surface area contributed by atoms with Crippen molar-refractivity contribution in [3.05, 3.63) is 0 Å². The fraction of sp³-hybridized carbons (Fsp3) is 0.929. The molecule has 2 aliphatic rings. The molecule has 0 saturated carbocycles. The number of carbonyl (C=O) groups excluding carboxylic acids is 1. The quantitative estimate of drug-likeness (QED) is 0.751. The van der Waals surface area contributed by atoms with E-state index in [4.69, 9.17) is 0 Å².